The fraction of sp³-hybridized carbons (Fsp3) is 0.333. The number of benzene rings is 3. The second-order valence-electron chi connectivity index (χ2n) is 9.58. The van der Waals surface area contributed by atoms with E-state index in [2.05, 4.69) is 114 Å². The molecule has 140 valence electrons. The highest BCUT2D eigenvalue weighted by molar-refractivity contribution is 5.83. The number of hydrogen-bond donors (Lipinski definition) is 0. The van der Waals surface area contributed by atoms with Crippen LogP contribution in [-0.4, -0.2) is 0 Å². The Morgan fingerprint density at radius 3 is 1.89 bits per heavy atom. The van der Waals surface area contributed by atoms with Crippen LogP contribution in [0.5, 0.6) is 0 Å². The van der Waals surface area contributed by atoms with Crippen molar-refractivity contribution in [3.8, 4) is 0 Å². The molecule has 0 amide bonds. The van der Waals surface area contributed by atoms with Gasteiger partial charge in [-0.2, -0.15) is 0 Å². The minimum Gasteiger partial charge on any atom is -0.0795 e. The molecule has 0 N–H and O–H groups in total. The normalized spacial score (nSPS) is 13.3. The van der Waals surface area contributed by atoms with Gasteiger partial charge in [0.25, 0.3) is 0 Å². The Labute approximate surface area is 164 Å². The molecule has 27 heavy (non-hydrogen) atoms. The lowest BCUT2D eigenvalue weighted by molar-refractivity contribution is 0.590. The molecule has 0 radical (unpaired) electrons. The van der Waals surface area contributed by atoms with E-state index in [1.165, 1.54) is 33.0 Å². The van der Waals surface area contributed by atoms with Gasteiger partial charge in [0, 0.05) is 0 Å². The van der Waals surface area contributed by atoms with Crippen molar-refractivity contribution < 1.29 is 0 Å². The molecule has 4 rings (SSSR count). The van der Waals surface area contributed by atoms with Gasteiger partial charge in [0.15, 0.2) is 0 Å². The van der Waals surface area contributed by atoms with Gasteiger partial charge >= 0.3 is 0 Å². The van der Waals surface area contributed by atoms with Gasteiger partial charge in [-0.1, -0.05) is 114 Å². The third-order valence-corrected chi connectivity index (χ3v) is 5.26. The van der Waals surface area contributed by atoms with Crippen molar-refractivity contribution in [1.29, 1.82) is 0 Å². The van der Waals surface area contributed by atoms with Crippen LogP contribution in [0.15, 0.2) is 66.7 Å². The average molecular weight is 357 g/mol. The van der Waals surface area contributed by atoms with Gasteiger partial charge in [0.2, 0.25) is 0 Å². The highest BCUT2D eigenvalue weighted by atomic mass is 14.2. The van der Waals surface area contributed by atoms with Crippen LogP contribution in [-0.2, 0) is 17.3 Å². The van der Waals surface area contributed by atoms with E-state index < -0.39 is 0 Å². The highest BCUT2D eigenvalue weighted by Gasteiger charge is 2.15. The molecule has 0 heterocycles. The van der Waals surface area contributed by atoms with Crippen molar-refractivity contribution in [3.63, 3.8) is 0 Å². The van der Waals surface area contributed by atoms with Gasteiger partial charge < -0.3 is 0 Å². The molecular formula is C27H32. The zero-order valence-corrected chi connectivity index (χ0v) is 17.6. The zero-order valence-electron chi connectivity index (χ0n) is 17.6. The number of rotatable bonds is 0. The van der Waals surface area contributed by atoms with Crippen LogP contribution in [0.3, 0.4) is 0 Å². The maximum absolute atomic E-state index is 2.32. The van der Waals surface area contributed by atoms with Crippen molar-refractivity contribution in [3.05, 3.63) is 89.0 Å². The van der Waals surface area contributed by atoms with Gasteiger partial charge in [0.1, 0.15) is 0 Å². The maximum atomic E-state index is 2.32. The molecule has 0 atom stereocenters. The molecule has 3 aromatic rings. The molecule has 3 aromatic carbocycles. The van der Waals surface area contributed by atoms with E-state index in [9.17, 15) is 0 Å². The van der Waals surface area contributed by atoms with Crippen LogP contribution in [0.1, 0.15) is 63.8 Å². The number of allylic oxidation sites excluding steroid dienone is 1. The van der Waals surface area contributed by atoms with Crippen LogP contribution in [0.4, 0.5) is 0 Å². The summed E-state index contributed by atoms with van der Waals surface area (Å²) in [5.41, 5.74) is 6.21. The van der Waals surface area contributed by atoms with Gasteiger partial charge in [-0.3, -0.25) is 0 Å². The second-order valence-corrected chi connectivity index (χ2v) is 9.58. The molecule has 0 nitrogen and oxygen atoms in total. The number of hydrogen-bond acceptors (Lipinski definition) is 0. The van der Waals surface area contributed by atoms with E-state index in [0.717, 1.165) is 6.42 Å². The molecule has 0 fully saturated rings. The molecule has 1 aliphatic carbocycles. The Bertz CT molecular complexity index is 959. The number of fused-ring (bicyclic) bond motifs is 2. The lowest BCUT2D eigenvalue weighted by Gasteiger charge is -2.19. The molecule has 0 aliphatic heterocycles. The zero-order chi connectivity index (χ0) is 19.7. The summed E-state index contributed by atoms with van der Waals surface area (Å²) >= 11 is 0. The molecule has 0 unspecified atom stereocenters. The fourth-order valence-corrected chi connectivity index (χ4v) is 3.37. The van der Waals surface area contributed by atoms with Gasteiger partial charge in [-0.25, -0.2) is 0 Å². The Kier molecular flexibility index (Phi) is 5.29. The van der Waals surface area contributed by atoms with E-state index in [1.807, 2.05) is 0 Å². The first kappa shape index (κ1) is 19.4. The fourth-order valence-electron chi connectivity index (χ4n) is 3.37. The summed E-state index contributed by atoms with van der Waals surface area (Å²) in [7, 11) is 0. The SMILES string of the molecule is CC(C)(C)c1ccc2c(c1)C=CC2.CC(C)(C)c1ccc2ccccc2c1. The van der Waals surface area contributed by atoms with E-state index in [-0.39, 0.29) is 10.8 Å². The third-order valence-electron chi connectivity index (χ3n) is 5.26. The minimum absolute atomic E-state index is 0.240. The van der Waals surface area contributed by atoms with Crippen LogP contribution < -0.4 is 0 Å². The first-order valence-electron chi connectivity index (χ1n) is 9.94. The summed E-state index contributed by atoms with van der Waals surface area (Å²) in [6.07, 6.45) is 5.57. The molecule has 0 saturated carbocycles. The van der Waals surface area contributed by atoms with E-state index in [4.69, 9.17) is 0 Å². The average Bonchev–Trinajstić information content (AvgIpc) is 3.08. The first-order valence-corrected chi connectivity index (χ1v) is 9.94. The van der Waals surface area contributed by atoms with Crippen molar-refractivity contribution in [1.82, 2.24) is 0 Å². The molecule has 1 aliphatic rings. The molecule has 0 bridgehead atoms. The maximum Gasteiger partial charge on any atom is -0.00882 e. The second kappa shape index (κ2) is 7.35. The molecule has 0 spiro atoms. The van der Waals surface area contributed by atoms with Crippen LogP contribution in [0, 0.1) is 0 Å². The van der Waals surface area contributed by atoms with Crippen LogP contribution in [0.25, 0.3) is 16.8 Å². The Balaban J connectivity index is 0.000000156. The van der Waals surface area contributed by atoms with E-state index >= 15 is 0 Å². The largest absolute Gasteiger partial charge is 0.0795 e. The summed E-state index contributed by atoms with van der Waals surface area (Å²) in [5.74, 6) is 0. The standard InChI is InChI=1S/C14H16.C13H16/c1-14(2,3)13-9-8-11-6-4-5-7-12(11)10-13;1-13(2,3)12-8-7-10-5-4-6-11(10)9-12/h4-10H,1-3H3;4,6-9H,5H2,1-3H3. The Morgan fingerprint density at radius 1 is 0.630 bits per heavy atom. The van der Waals surface area contributed by atoms with Gasteiger partial charge in [-0.15, -0.1) is 0 Å². The van der Waals surface area contributed by atoms with Crippen molar-refractivity contribution >= 4 is 16.8 Å². The topological polar surface area (TPSA) is 0 Å². The summed E-state index contributed by atoms with van der Waals surface area (Å²) in [4.78, 5) is 0. The molecular weight excluding hydrogens is 324 g/mol. The predicted molar refractivity (Wildman–Crippen MR) is 121 cm³/mol. The van der Waals surface area contributed by atoms with Crippen molar-refractivity contribution in [2.75, 3.05) is 0 Å². The lowest BCUT2D eigenvalue weighted by atomic mass is 9.85. The van der Waals surface area contributed by atoms with Crippen molar-refractivity contribution in [2.45, 2.75) is 58.8 Å². The monoisotopic (exact) mass is 356 g/mol. The smallest absolute Gasteiger partial charge is 0.00882 e. The van der Waals surface area contributed by atoms with Gasteiger partial charge in [-0.05, 0) is 50.3 Å². The van der Waals surface area contributed by atoms with E-state index in [0.29, 0.717) is 0 Å². The summed E-state index contributed by atoms with van der Waals surface area (Å²) in [5, 5.41) is 2.65. The highest BCUT2D eigenvalue weighted by Crippen LogP contribution is 2.28. The van der Waals surface area contributed by atoms with Crippen molar-refractivity contribution in [2.24, 2.45) is 0 Å². The molecule has 0 saturated heterocycles. The van der Waals surface area contributed by atoms with Crippen LogP contribution >= 0.6 is 0 Å². The predicted octanol–water partition coefficient (Wildman–Crippen LogP) is 7.69. The van der Waals surface area contributed by atoms with Crippen LogP contribution in [0.2, 0.25) is 0 Å². The van der Waals surface area contributed by atoms with Gasteiger partial charge in [0.05, 0.1) is 0 Å². The lowest BCUT2D eigenvalue weighted by Crippen LogP contribution is -2.11. The summed E-state index contributed by atoms with van der Waals surface area (Å²) < 4.78 is 0. The molecule has 0 heteroatoms. The Morgan fingerprint density at radius 2 is 1.22 bits per heavy atom. The molecule has 0 aromatic heterocycles. The first-order chi connectivity index (χ1) is 12.6. The summed E-state index contributed by atoms with van der Waals surface area (Å²) in [6, 6.07) is 22.0. The third kappa shape index (κ3) is 4.69. The quantitative estimate of drug-likeness (QED) is 0.387. The minimum atomic E-state index is 0.240. The Hall–Kier alpha value is -2.34. The van der Waals surface area contributed by atoms with E-state index in [1.54, 1.807) is 0 Å². The summed E-state index contributed by atoms with van der Waals surface area (Å²) in [6.45, 7) is 13.5.